The number of aromatic carboxylic acids is 1. The van der Waals surface area contributed by atoms with Crippen molar-refractivity contribution in [3.05, 3.63) is 83.9 Å². The van der Waals surface area contributed by atoms with Gasteiger partial charge in [-0.2, -0.15) is 0 Å². The Kier molecular flexibility index (Phi) is 7.45. The second-order valence-electron chi connectivity index (χ2n) is 7.38. The van der Waals surface area contributed by atoms with Crippen LogP contribution in [0.5, 0.6) is 17.2 Å². The summed E-state index contributed by atoms with van der Waals surface area (Å²) in [4.78, 5) is 14.6. The second-order valence-corrected chi connectivity index (χ2v) is 9.49. The molecule has 0 aliphatic heterocycles. The number of carbonyl (C=O) groups is 1. The maximum absolute atomic E-state index is 11.3. The number of carboxylic acids is 1. The molecule has 3 aromatic carbocycles. The van der Waals surface area contributed by atoms with Gasteiger partial charge in [-0.15, -0.1) is 23.1 Å². The third-order valence-electron chi connectivity index (χ3n) is 5.31. The summed E-state index contributed by atoms with van der Waals surface area (Å²) in [5.74, 6) is 2.00. The van der Waals surface area contributed by atoms with Crippen molar-refractivity contribution in [3.63, 3.8) is 0 Å². The zero-order valence-corrected chi connectivity index (χ0v) is 20.7. The number of thioether (sulfide) groups is 1. The first-order valence-corrected chi connectivity index (χ1v) is 12.3. The zero-order valence-electron chi connectivity index (χ0n) is 19.0. The number of hydrogen-bond donors (Lipinski definition) is 1. The quantitative estimate of drug-likeness (QED) is 0.252. The molecule has 1 aromatic heterocycles. The summed E-state index contributed by atoms with van der Waals surface area (Å²) in [5.41, 5.74) is 3.46. The minimum absolute atomic E-state index is 0.271. The van der Waals surface area contributed by atoms with Crippen LogP contribution < -0.4 is 14.2 Å². The van der Waals surface area contributed by atoms with E-state index in [-0.39, 0.29) is 5.56 Å². The molecule has 0 aliphatic carbocycles. The molecule has 0 saturated carbocycles. The van der Waals surface area contributed by atoms with Gasteiger partial charge in [0.1, 0.15) is 5.75 Å². The molecule has 0 fully saturated rings. The van der Waals surface area contributed by atoms with Crippen LogP contribution >= 0.6 is 23.1 Å². The second kappa shape index (κ2) is 10.7. The van der Waals surface area contributed by atoms with E-state index in [1.165, 1.54) is 5.56 Å². The van der Waals surface area contributed by atoms with Crippen LogP contribution in [0.4, 0.5) is 0 Å². The largest absolute Gasteiger partial charge is 0.497 e. The van der Waals surface area contributed by atoms with Crippen molar-refractivity contribution in [1.29, 1.82) is 0 Å². The van der Waals surface area contributed by atoms with Gasteiger partial charge in [0.15, 0.2) is 11.5 Å². The first kappa shape index (κ1) is 23.7. The van der Waals surface area contributed by atoms with Crippen molar-refractivity contribution in [2.45, 2.75) is 10.6 Å². The van der Waals surface area contributed by atoms with E-state index < -0.39 is 5.97 Å². The van der Waals surface area contributed by atoms with Crippen LogP contribution in [0, 0.1) is 0 Å². The number of carboxylic acid groups (broad SMARTS) is 1. The molecule has 4 rings (SSSR count). The van der Waals surface area contributed by atoms with E-state index in [0.717, 1.165) is 37.3 Å². The van der Waals surface area contributed by atoms with Crippen molar-refractivity contribution >= 4 is 29.1 Å². The van der Waals surface area contributed by atoms with Gasteiger partial charge in [-0.3, -0.25) is 0 Å². The molecule has 0 saturated heterocycles. The first-order valence-electron chi connectivity index (χ1n) is 10.5. The van der Waals surface area contributed by atoms with Crippen molar-refractivity contribution in [3.8, 4) is 38.1 Å². The summed E-state index contributed by atoms with van der Waals surface area (Å²) in [6, 6.07) is 23.1. The van der Waals surface area contributed by atoms with Crippen LogP contribution in [0.1, 0.15) is 15.9 Å². The van der Waals surface area contributed by atoms with Gasteiger partial charge in [0.2, 0.25) is 0 Å². The summed E-state index contributed by atoms with van der Waals surface area (Å²) >= 11 is 3.40. The minimum Gasteiger partial charge on any atom is -0.497 e. The molecular formula is C27H24O5S2. The Morgan fingerprint density at radius 3 is 2.26 bits per heavy atom. The summed E-state index contributed by atoms with van der Waals surface area (Å²) in [6.45, 7) is 0. The molecule has 0 radical (unpaired) electrons. The summed E-state index contributed by atoms with van der Waals surface area (Å²) in [6.07, 6.45) is 0. The Morgan fingerprint density at radius 1 is 0.853 bits per heavy atom. The lowest BCUT2D eigenvalue weighted by atomic mass is 10.1. The number of rotatable bonds is 9. The summed E-state index contributed by atoms with van der Waals surface area (Å²) < 4.78 is 16.2. The van der Waals surface area contributed by atoms with Crippen LogP contribution in [-0.2, 0) is 5.75 Å². The fraction of sp³-hybridized carbons (Fsp3) is 0.148. The maximum atomic E-state index is 11.3. The molecule has 174 valence electrons. The van der Waals surface area contributed by atoms with Crippen molar-refractivity contribution in [2.24, 2.45) is 0 Å². The van der Waals surface area contributed by atoms with E-state index in [1.807, 2.05) is 48.5 Å². The van der Waals surface area contributed by atoms with Gasteiger partial charge in [-0.1, -0.05) is 18.2 Å². The molecular weight excluding hydrogens is 468 g/mol. The van der Waals surface area contributed by atoms with Gasteiger partial charge < -0.3 is 19.3 Å². The number of ether oxygens (including phenoxy) is 3. The van der Waals surface area contributed by atoms with Crippen molar-refractivity contribution in [1.82, 2.24) is 0 Å². The standard InChI is InChI=1S/C27H24O5S2/c1-30-21-5-4-6-22(15-21)33-16-20-14-25(19-11-12-23(31-2)24(13-19)32-3)34-26(20)17-7-9-18(10-8-17)27(28)29/h4-15H,16H2,1-3H3,(H,28,29). The molecule has 0 spiro atoms. The Labute approximate surface area is 206 Å². The normalized spacial score (nSPS) is 10.7. The van der Waals surface area contributed by atoms with Gasteiger partial charge in [-0.25, -0.2) is 4.79 Å². The van der Waals surface area contributed by atoms with E-state index in [1.54, 1.807) is 56.6 Å². The van der Waals surface area contributed by atoms with Gasteiger partial charge in [0, 0.05) is 20.4 Å². The average Bonchev–Trinajstić information content (AvgIpc) is 3.31. The van der Waals surface area contributed by atoms with E-state index in [0.29, 0.717) is 11.5 Å². The Morgan fingerprint density at radius 2 is 1.59 bits per heavy atom. The number of hydrogen-bond acceptors (Lipinski definition) is 6. The SMILES string of the molecule is COc1cccc(SCc2cc(-c3ccc(OC)c(OC)c3)sc2-c2ccc(C(=O)O)cc2)c1. The molecule has 1 heterocycles. The lowest BCUT2D eigenvalue weighted by molar-refractivity contribution is 0.0697. The molecule has 34 heavy (non-hydrogen) atoms. The Bertz CT molecular complexity index is 1290. The monoisotopic (exact) mass is 492 g/mol. The van der Waals surface area contributed by atoms with Crippen LogP contribution in [0.3, 0.4) is 0 Å². The third-order valence-corrected chi connectivity index (χ3v) is 7.62. The fourth-order valence-corrected chi connectivity index (χ4v) is 5.73. The van der Waals surface area contributed by atoms with E-state index >= 15 is 0 Å². The lowest BCUT2D eigenvalue weighted by Crippen LogP contribution is -1.95. The highest BCUT2D eigenvalue weighted by Crippen LogP contribution is 2.43. The van der Waals surface area contributed by atoms with Crippen LogP contribution in [0.25, 0.3) is 20.9 Å². The van der Waals surface area contributed by atoms with Gasteiger partial charge in [-0.05, 0) is 71.3 Å². The van der Waals surface area contributed by atoms with Crippen molar-refractivity contribution < 1.29 is 24.1 Å². The highest BCUT2D eigenvalue weighted by molar-refractivity contribution is 7.98. The zero-order chi connectivity index (χ0) is 24.1. The smallest absolute Gasteiger partial charge is 0.335 e. The number of benzene rings is 3. The predicted octanol–water partition coefficient (Wildman–Crippen LogP) is 7.10. The highest BCUT2D eigenvalue weighted by atomic mass is 32.2. The van der Waals surface area contributed by atoms with Gasteiger partial charge in [0.25, 0.3) is 0 Å². The summed E-state index contributed by atoms with van der Waals surface area (Å²) in [7, 11) is 4.91. The van der Waals surface area contributed by atoms with Crippen LogP contribution in [0.2, 0.25) is 0 Å². The lowest BCUT2D eigenvalue weighted by Gasteiger charge is -2.08. The molecule has 1 N–H and O–H groups in total. The molecule has 0 amide bonds. The fourth-order valence-electron chi connectivity index (χ4n) is 3.53. The summed E-state index contributed by atoms with van der Waals surface area (Å²) in [5, 5.41) is 9.27. The molecule has 7 heteroatoms. The first-order chi connectivity index (χ1) is 16.5. The topological polar surface area (TPSA) is 65.0 Å². The number of methoxy groups -OCH3 is 3. The third kappa shape index (κ3) is 5.21. The minimum atomic E-state index is -0.933. The van der Waals surface area contributed by atoms with Crippen LogP contribution in [-0.4, -0.2) is 32.4 Å². The maximum Gasteiger partial charge on any atom is 0.335 e. The van der Waals surface area contributed by atoms with Gasteiger partial charge in [0.05, 0.1) is 26.9 Å². The number of thiophene rings is 1. The van der Waals surface area contributed by atoms with Crippen LogP contribution in [0.15, 0.2) is 77.7 Å². The molecule has 0 aliphatic rings. The molecule has 0 atom stereocenters. The molecule has 0 unspecified atom stereocenters. The van der Waals surface area contributed by atoms with Crippen molar-refractivity contribution in [2.75, 3.05) is 21.3 Å². The van der Waals surface area contributed by atoms with E-state index in [2.05, 4.69) is 12.1 Å². The average molecular weight is 493 g/mol. The Hall–Kier alpha value is -3.42. The van der Waals surface area contributed by atoms with Gasteiger partial charge >= 0.3 is 5.97 Å². The predicted molar refractivity (Wildman–Crippen MR) is 138 cm³/mol. The highest BCUT2D eigenvalue weighted by Gasteiger charge is 2.15. The molecule has 4 aromatic rings. The van der Waals surface area contributed by atoms with E-state index in [4.69, 9.17) is 14.2 Å². The molecule has 0 bridgehead atoms. The molecule has 5 nitrogen and oxygen atoms in total. The van der Waals surface area contributed by atoms with E-state index in [9.17, 15) is 9.90 Å². The Balaban J connectivity index is 1.72.